The molecule has 0 aliphatic heterocycles. The van der Waals surface area contributed by atoms with Crippen LogP contribution >= 0.6 is 31.9 Å². The highest BCUT2D eigenvalue weighted by atomic mass is 79.9. The van der Waals surface area contributed by atoms with Gasteiger partial charge in [-0.2, -0.15) is 13.2 Å². The van der Waals surface area contributed by atoms with Crippen molar-refractivity contribution < 1.29 is 18.3 Å². The molecule has 0 bridgehead atoms. The molecule has 0 spiro atoms. The van der Waals surface area contributed by atoms with E-state index in [2.05, 4.69) is 31.9 Å². The van der Waals surface area contributed by atoms with Gasteiger partial charge in [0.05, 0.1) is 11.7 Å². The Bertz CT molecular complexity index is 641. The molecular weight excluding hydrogens is 413 g/mol. The van der Waals surface area contributed by atoms with E-state index < -0.39 is 17.8 Å². The molecule has 21 heavy (non-hydrogen) atoms. The minimum atomic E-state index is -4.46. The van der Waals surface area contributed by atoms with Gasteiger partial charge in [0.25, 0.3) is 0 Å². The topological polar surface area (TPSA) is 20.2 Å². The number of aliphatic hydroxyl groups excluding tert-OH is 1. The SMILES string of the molecule is OC(Cc1ccccc1Br)c1ccc(Br)c(C(F)(F)F)c1. The summed E-state index contributed by atoms with van der Waals surface area (Å²) >= 11 is 6.24. The van der Waals surface area contributed by atoms with E-state index in [1.807, 2.05) is 24.3 Å². The van der Waals surface area contributed by atoms with E-state index in [-0.39, 0.29) is 16.5 Å². The van der Waals surface area contributed by atoms with Crippen LogP contribution in [0, 0.1) is 0 Å². The number of hydrogen-bond donors (Lipinski definition) is 1. The fourth-order valence-electron chi connectivity index (χ4n) is 1.96. The van der Waals surface area contributed by atoms with Crippen molar-refractivity contribution in [1.82, 2.24) is 0 Å². The molecule has 0 fully saturated rings. The Morgan fingerprint density at radius 1 is 1.00 bits per heavy atom. The van der Waals surface area contributed by atoms with Gasteiger partial charge in [0.1, 0.15) is 0 Å². The largest absolute Gasteiger partial charge is 0.417 e. The molecule has 0 aliphatic carbocycles. The van der Waals surface area contributed by atoms with E-state index in [1.54, 1.807) is 0 Å². The lowest BCUT2D eigenvalue weighted by Crippen LogP contribution is -2.09. The Hall–Kier alpha value is -0.850. The lowest BCUT2D eigenvalue weighted by molar-refractivity contribution is -0.138. The number of alkyl halides is 3. The maximum Gasteiger partial charge on any atom is 0.417 e. The summed E-state index contributed by atoms with van der Waals surface area (Å²) in [5.41, 5.74) is 0.286. The number of halogens is 5. The zero-order chi connectivity index (χ0) is 15.6. The molecule has 2 aromatic carbocycles. The summed E-state index contributed by atoms with van der Waals surface area (Å²) in [6.45, 7) is 0. The van der Waals surface area contributed by atoms with Crippen molar-refractivity contribution in [1.29, 1.82) is 0 Å². The van der Waals surface area contributed by atoms with Crippen molar-refractivity contribution in [3.05, 3.63) is 68.1 Å². The van der Waals surface area contributed by atoms with Gasteiger partial charge >= 0.3 is 6.18 Å². The lowest BCUT2D eigenvalue weighted by Gasteiger charge is -2.16. The van der Waals surface area contributed by atoms with Gasteiger partial charge in [-0.15, -0.1) is 0 Å². The maximum absolute atomic E-state index is 12.9. The first-order valence-corrected chi connectivity index (χ1v) is 7.65. The van der Waals surface area contributed by atoms with Crippen molar-refractivity contribution in [3.63, 3.8) is 0 Å². The maximum atomic E-state index is 12.9. The molecule has 1 unspecified atom stereocenters. The molecular formula is C15H11Br2F3O. The summed E-state index contributed by atoms with van der Waals surface area (Å²) in [7, 11) is 0. The summed E-state index contributed by atoms with van der Waals surface area (Å²) in [5, 5.41) is 10.2. The monoisotopic (exact) mass is 422 g/mol. The Labute approximate surface area is 137 Å². The molecule has 0 aromatic heterocycles. The Morgan fingerprint density at radius 3 is 2.29 bits per heavy atom. The van der Waals surface area contributed by atoms with Crippen LogP contribution in [0.15, 0.2) is 51.4 Å². The first-order valence-electron chi connectivity index (χ1n) is 6.07. The minimum absolute atomic E-state index is 0.0353. The summed E-state index contributed by atoms with van der Waals surface area (Å²) < 4.78 is 39.4. The van der Waals surface area contributed by atoms with Gasteiger partial charge in [0.2, 0.25) is 0 Å². The second-order valence-electron chi connectivity index (χ2n) is 4.55. The van der Waals surface area contributed by atoms with E-state index >= 15 is 0 Å². The predicted molar refractivity (Wildman–Crippen MR) is 81.9 cm³/mol. The summed E-state index contributed by atoms with van der Waals surface area (Å²) in [6.07, 6.45) is -5.22. The van der Waals surface area contributed by atoms with Gasteiger partial charge in [-0.1, -0.05) is 56.1 Å². The second kappa shape index (κ2) is 6.50. The number of aliphatic hydroxyl groups is 1. The fraction of sp³-hybridized carbons (Fsp3) is 0.200. The zero-order valence-corrected chi connectivity index (χ0v) is 13.8. The molecule has 0 saturated heterocycles. The summed E-state index contributed by atoms with van der Waals surface area (Å²) in [5.74, 6) is 0. The Balaban J connectivity index is 2.28. The van der Waals surface area contributed by atoms with Crippen LogP contribution in [0.3, 0.4) is 0 Å². The van der Waals surface area contributed by atoms with Crippen LogP contribution in [0.4, 0.5) is 13.2 Å². The minimum Gasteiger partial charge on any atom is -0.388 e. The van der Waals surface area contributed by atoms with Gasteiger partial charge < -0.3 is 5.11 Å². The van der Waals surface area contributed by atoms with Gasteiger partial charge in [-0.05, 0) is 29.3 Å². The second-order valence-corrected chi connectivity index (χ2v) is 6.26. The standard InChI is InChI=1S/C15H11Br2F3O/c16-12-4-2-1-3-9(12)8-14(21)10-5-6-13(17)11(7-10)15(18,19)20/h1-7,14,21H,8H2. The first kappa shape index (κ1) is 16.5. The molecule has 0 radical (unpaired) electrons. The molecule has 1 atom stereocenters. The van der Waals surface area contributed by atoms with Crippen LogP contribution in [0.25, 0.3) is 0 Å². The van der Waals surface area contributed by atoms with Gasteiger partial charge in [-0.25, -0.2) is 0 Å². The predicted octanol–water partition coefficient (Wildman–Crippen LogP) is 5.51. The zero-order valence-electron chi connectivity index (χ0n) is 10.7. The molecule has 1 nitrogen and oxygen atoms in total. The molecule has 6 heteroatoms. The smallest absolute Gasteiger partial charge is 0.388 e. The molecule has 0 amide bonds. The van der Waals surface area contributed by atoms with Crippen molar-refractivity contribution >= 4 is 31.9 Å². The summed E-state index contributed by atoms with van der Waals surface area (Å²) in [4.78, 5) is 0. The fourth-order valence-corrected chi connectivity index (χ4v) is 2.88. The highest BCUT2D eigenvalue weighted by molar-refractivity contribution is 9.10. The average molecular weight is 424 g/mol. The Morgan fingerprint density at radius 2 is 1.67 bits per heavy atom. The number of hydrogen-bond acceptors (Lipinski definition) is 1. The highest BCUT2D eigenvalue weighted by Gasteiger charge is 2.33. The van der Waals surface area contributed by atoms with E-state index in [1.165, 1.54) is 12.1 Å². The molecule has 0 heterocycles. The lowest BCUT2D eigenvalue weighted by atomic mass is 9.99. The molecule has 1 N–H and O–H groups in total. The molecule has 2 rings (SSSR count). The van der Waals surface area contributed by atoms with Crippen molar-refractivity contribution in [2.24, 2.45) is 0 Å². The third kappa shape index (κ3) is 4.08. The van der Waals surface area contributed by atoms with Crippen LogP contribution in [-0.2, 0) is 12.6 Å². The van der Waals surface area contributed by atoms with Crippen LogP contribution in [0.1, 0.15) is 22.8 Å². The van der Waals surface area contributed by atoms with Crippen molar-refractivity contribution in [2.75, 3.05) is 0 Å². The van der Waals surface area contributed by atoms with Crippen LogP contribution < -0.4 is 0 Å². The highest BCUT2D eigenvalue weighted by Crippen LogP contribution is 2.36. The molecule has 0 aliphatic rings. The van der Waals surface area contributed by atoms with Crippen molar-refractivity contribution in [2.45, 2.75) is 18.7 Å². The van der Waals surface area contributed by atoms with E-state index in [4.69, 9.17) is 0 Å². The molecule has 0 saturated carbocycles. The normalized spacial score (nSPS) is 13.2. The number of benzene rings is 2. The van der Waals surface area contributed by atoms with E-state index in [9.17, 15) is 18.3 Å². The quantitative estimate of drug-likeness (QED) is 0.690. The van der Waals surface area contributed by atoms with Gasteiger partial charge in [0.15, 0.2) is 0 Å². The summed E-state index contributed by atoms with van der Waals surface area (Å²) in [6, 6.07) is 11.1. The Kier molecular flexibility index (Phi) is 5.11. The third-order valence-electron chi connectivity index (χ3n) is 3.05. The van der Waals surface area contributed by atoms with Gasteiger partial charge in [0, 0.05) is 15.4 Å². The third-order valence-corrected chi connectivity index (χ3v) is 4.52. The molecule has 2 aromatic rings. The average Bonchev–Trinajstić information content (AvgIpc) is 2.40. The van der Waals surface area contributed by atoms with Gasteiger partial charge in [-0.3, -0.25) is 0 Å². The van der Waals surface area contributed by atoms with E-state index in [0.717, 1.165) is 16.1 Å². The van der Waals surface area contributed by atoms with Crippen molar-refractivity contribution in [3.8, 4) is 0 Å². The van der Waals surface area contributed by atoms with Crippen LogP contribution in [0.5, 0.6) is 0 Å². The number of rotatable bonds is 3. The van der Waals surface area contributed by atoms with E-state index in [0.29, 0.717) is 0 Å². The first-order chi connectivity index (χ1) is 9.79. The van der Waals surface area contributed by atoms with Crippen LogP contribution in [-0.4, -0.2) is 5.11 Å². The molecule has 112 valence electrons. The van der Waals surface area contributed by atoms with Crippen LogP contribution in [0.2, 0.25) is 0 Å².